The molecule has 9 nitrogen and oxygen atoms in total. The Morgan fingerprint density at radius 3 is 1.74 bits per heavy atom. The van der Waals surface area contributed by atoms with Gasteiger partial charge in [0.2, 0.25) is 0 Å². The Bertz CT molecular complexity index is 1780. The summed E-state index contributed by atoms with van der Waals surface area (Å²) < 4.78 is 51.1. The summed E-state index contributed by atoms with van der Waals surface area (Å²) in [6, 6.07) is 40.2. The van der Waals surface area contributed by atoms with E-state index < -0.39 is 0 Å². The molecule has 0 N–H and O–H groups in total. The van der Waals surface area contributed by atoms with Crippen LogP contribution in [0.4, 0.5) is 5.69 Å². The van der Waals surface area contributed by atoms with E-state index in [-0.39, 0.29) is 23.5 Å². The van der Waals surface area contributed by atoms with Crippen LogP contribution in [0.2, 0.25) is 0 Å². The second-order valence-corrected chi connectivity index (χ2v) is 13.4. The number of ether oxygens (including phenoxy) is 2. The molecule has 1 aliphatic heterocycles. The number of benzene rings is 4. The summed E-state index contributed by atoms with van der Waals surface area (Å²) in [5.74, 6) is 1.77. The first kappa shape index (κ1) is 47.2. The van der Waals surface area contributed by atoms with Gasteiger partial charge in [-0.05, 0) is 0 Å². The van der Waals surface area contributed by atoms with Crippen molar-refractivity contribution in [3.8, 4) is 5.75 Å². The van der Waals surface area contributed by atoms with Crippen molar-refractivity contribution in [2.24, 2.45) is 16.9 Å². The standard InChI is InChI=1S/C39H42N2O2.5CO.Cr/c1-28-20-25-34(39(2,3)31-16-10-6-11-17-31)36(26-28)43-27-35-37(29-21-23-33(42-4)24-22-29)38(30-14-8-5-9-15-30)40-41(35)32-18-12-7-13-19-32;5*1-2;/h5-19,21-24,28,34-37H,20,25-26H2,1-4H3;;;;;;/t28-,34-,35-,36-,37-;;;;;;/m1....../s1. The van der Waals surface area contributed by atoms with Gasteiger partial charge < -0.3 is 0 Å². The van der Waals surface area contributed by atoms with E-state index in [0.717, 1.165) is 40.1 Å². The van der Waals surface area contributed by atoms with Crippen LogP contribution >= 0.6 is 0 Å². The molecule has 1 heterocycles. The molecule has 54 heavy (non-hydrogen) atoms. The summed E-state index contributed by atoms with van der Waals surface area (Å²) in [4.78, 5) is 0. The van der Waals surface area contributed by atoms with E-state index in [2.05, 4.69) is 178 Å². The average Bonchev–Trinajstić information content (AvgIpc) is 3.66. The third kappa shape index (κ3) is 11.9. The van der Waals surface area contributed by atoms with Crippen LogP contribution < -0.4 is 9.75 Å². The molecule has 1 saturated carbocycles. The molecule has 0 aromatic heterocycles. The van der Waals surface area contributed by atoms with E-state index in [4.69, 9.17) is 37.8 Å². The maximum absolute atomic E-state index is 7.50. The monoisotopic (exact) mass is 762 g/mol. The average molecular weight is 763 g/mol. The number of hydrazone groups is 1. The van der Waals surface area contributed by atoms with Crippen molar-refractivity contribution in [3.05, 3.63) is 165 Å². The predicted octanol–water partition coefficient (Wildman–Crippen LogP) is 8.36. The Morgan fingerprint density at radius 1 is 0.722 bits per heavy atom. The normalized spacial score (nSPS) is 19.5. The molecule has 10 heteroatoms. The fourth-order valence-electron chi connectivity index (χ4n) is 7.15. The minimum atomic E-state index is -0.168. The van der Waals surface area contributed by atoms with Crippen LogP contribution in [0.1, 0.15) is 62.6 Å². The predicted molar refractivity (Wildman–Crippen MR) is 197 cm³/mol. The molecule has 0 amide bonds. The fraction of sp³-hybridized carbons (Fsp3) is 0.295. The molecule has 276 valence electrons. The molecule has 1 aliphatic carbocycles. The molecular formula is C44H42CrN2O7. The second kappa shape index (κ2) is 25.3. The molecule has 4 aromatic carbocycles. The van der Waals surface area contributed by atoms with Crippen molar-refractivity contribution in [2.75, 3.05) is 12.1 Å². The molecule has 0 radical (unpaired) electrons. The Morgan fingerprint density at radius 2 is 1.22 bits per heavy atom. The number of anilines is 1. The van der Waals surface area contributed by atoms with Gasteiger partial charge >= 0.3 is 328 Å². The van der Waals surface area contributed by atoms with Crippen molar-refractivity contribution in [1.29, 1.82) is 0 Å². The SMILES string of the molecule is COc1ccc([C@H]2C(c3ccccc3)=NN(c3ccccc3)[C@@H]2[C](=[Cr])O[C@@H]2C[C@H](C)CC[C@H]2C(C)(C)c2ccccc2)cc1.[C-]#[O+].[C-]#[O+].[C-]#[O+].[C-]#[O+].[C-]#[O+]. The Hall–Kier alpha value is -4.79. The Balaban J connectivity index is 0.00000135. The molecule has 0 bridgehead atoms. The van der Waals surface area contributed by atoms with Crippen LogP contribution in [0.15, 0.2) is 120 Å². The van der Waals surface area contributed by atoms with Crippen LogP contribution in [0.3, 0.4) is 0 Å². The number of nitrogens with zero attached hydrogens (tertiary/aromatic N) is 2. The summed E-state index contributed by atoms with van der Waals surface area (Å²) in [6.45, 7) is 29.6. The van der Waals surface area contributed by atoms with Gasteiger partial charge in [-0.3, -0.25) is 0 Å². The summed E-state index contributed by atoms with van der Waals surface area (Å²) in [5, 5.41) is 7.51. The van der Waals surface area contributed by atoms with Gasteiger partial charge in [-0.15, -0.1) is 0 Å². The minimum absolute atomic E-state index is 0.0256. The van der Waals surface area contributed by atoms with Gasteiger partial charge in [0.05, 0.1) is 0 Å². The quantitative estimate of drug-likeness (QED) is 0.125. The molecule has 4 aromatic rings. The molecule has 5 atom stereocenters. The first-order valence-corrected chi connectivity index (χ1v) is 17.4. The van der Waals surface area contributed by atoms with Crippen molar-refractivity contribution in [3.63, 3.8) is 0 Å². The van der Waals surface area contributed by atoms with Crippen molar-refractivity contribution >= 4 is 16.0 Å². The van der Waals surface area contributed by atoms with Gasteiger partial charge in [0.1, 0.15) is 0 Å². The van der Waals surface area contributed by atoms with E-state index in [9.17, 15) is 0 Å². The van der Waals surface area contributed by atoms with Crippen LogP contribution in [0.25, 0.3) is 0 Å². The third-order valence-electron chi connectivity index (χ3n) is 9.66. The van der Waals surface area contributed by atoms with Gasteiger partial charge in [-0.1, -0.05) is 0 Å². The number of hydrogen-bond donors (Lipinski definition) is 0. The molecular weight excluding hydrogens is 720 g/mol. The van der Waals surface area contributed by atoms with Crippen LogP contribution in [0.5, 0.6) is 5.75 Å². The topological polar surface area (TPSA) is 134 Å². The van der Waals surface area contributed by atoms with Gasteiger partial charge in [0.25, 0.3) is 0 Å². The summed E-state index contributed by atoms with van der Waals surface area (Å²) in [5.41, 5.74) is 5.69. The van der Waals surface area contributed by atoms with Crippen LogP contribution in [-0.2, 0) is 49.3 Å². The Kier molecular flexibility index (Phi) is 22.1. The van der Waals surface area contributed by atoms with Crippen molar-refractivity contribution < 1.29 is 48.6 Å². The number of hydrogen-bond acceptors (Lipinski definition) is 4. The van der Waals surface area contributed by atoms with E-state index in [1.165, 1.54) is 17.5 Å². The number of rotatable bonds is 9. The zero-order valence-electron chi connectivity index (χ0n) is 30.6. The van der Waals surface area contributed by atoms with Crippen molar-refractivity contribution in [1.82, 2.24) is 0 Å². The molecule has 0 spiro atoms. The number of para-hydroxylation sites is 1. The van der Waals surface area contributed by atoms with E-state index >= 15 is 0 Å². The summed E-state index contributed by atoms with van der Waals surface area (Å²) in [6.07, 6.45) is 3.48. The van der Waals surface area contributed by atoms with E-state index in [0.29, 0.717) is 11.8 Å². The van der Waals surface area contributed by atoms with Crippen molar-refractivity contribution in [2.45, 2.75) is 63.5 Å². The second-order valence-electron chi connectivity index (χ2n) is 12.8. The van der Waals surface area contributed by atoms with Crippen LogP contribution in [-0.4, -0.2) is 29.5 Å². The summed E-state index contributed by atoms with van der Waals surface area (Å²) >= 11 is 3.44. The van der Waals surface area contributed by atoms with E-state index in [1.54, 1.807) is 7.11 Å². The molecule has 1 fully saturated rings. The zero-order valence-corrected chi connectivity index (χ0v) is 31.9. The van der Waals surface area contributed by atoms with Gasteiger partial charge in [-0.2, -0.15) is 0 Å². The molecule has 0 unspecified atom stereocenters. The zero-order chi connectivity index (χ0) is 40.7. The summed E-state index contributed by atoms with van der Waals surface area (Å²) in [7, 11) is 1.71. The fourth-order valence-corrected chi connectivity index (χ4v) is 7.71. The molecule has 6 rings (SSSR count). The van der Waals surface area contributed by atoms with E-state index in [1.807, 2.05) is 12.1 Å². The first-order chi connectivity index (χ1) is 26.4. The first-order valence-electron chi connectivity index (χ1n) is 16.8. The Labute approximate surface area is 326 Å². The van der Waals surface area contributed by atoms with Gasteiger partial charge in [0.15, 0.2) is 0 Å². The number of methoxy groups -OCH3 is 1. The van der Waals surface area contributed by atoms with Crippen LogP contribution in [0, 0.1) is 45.1 Å². The molecule has 2 aliphatic rings. The molecule has 0 saturated heterocycles. The van der Waals surface area contributed by atoms with Gasteiger partial charge in [0, 0.05) is 0 Å². The van der Waals surface area contributed by atoms with Gasteiger partial charge in [-0.25, -0.2) is 0 Å². The third-order valence-corrected chi connectivity index (χ3v) is 10.2. The maximum atomic E-state index is 7.50.